The van der Waals surface area contributed by atoms with Crippen molar-refractivity contribution in [1.29, 1.82) is 0 Å². The summed E-state index contributed by atoms with van der Waals surface area (Å²) in [6, 6.07) is 0.454. The third kappa shape index (κ3) is 3.83. The summed E-state index contributed by atoms with van der Waals surface area (Å²) in [7, 11) is 2.10. The molecule has 0 aromatic carbocycles. The number of hydrogen-bond acceptors (Lipinski definition) is 2. The Bertz CT molecular complexity index is 270. The first-order chi connectivity index (χ1) is 8.86. The van der Waals surface area contributed by atoms with Gasteiger partial charge in [-0.1, -0.05) is 24.5 Å². The maximum atomic E-state index is 6.04. The van der Waals surface area contributed by atoms with Crippen LogP contribution < -0.4 is 5.32 Å². The highest BCUT2D eigenvalue weighted by Crippen LogP contribution is 2.38. The average molecular weight is 251 g/mol. The Morgan fingerprint density at radius 1 is 1.28 bits per heavy atom. The summed E-state index contributed by atoms with van der Waals surface area (Å²) in [6.07, 6.45) is 13.7. The summed E-state index contributed by atoms with van der Waals surface area (Å²) in [5.41, 5.74) is 1.61. The molecule has 2 atom stereocenters. The van der Waals surface area contributed by atoms with Crippen molar-refractivity contribution >= 4 is 0 Å². The molecule has 2 aliphatic carbocycles. The molecule has 2 aliphatic rings. The number of nitrogens with one attached hydrogen (secondary N) is 1. The van der Waals surface area contributed by atoms with E-state index in [0.29, 0.717) is 12.1 Å². The van der Waals surface area contributed by atoms with Gasteiger partial charge in [0.25, 0.3) is 0 Å². The van der Waals surface area contributed by atoms with E-state index in [0.717, 1.165) is 12.5 Å². The molecule has 0 aromatic heterocycles. The molecule has 18 heavy (non-hydrogen) atoms. The monoisotopic (exact) mass is 251 g/mol. The molecule has 1 N–H and O–H groups in total. The molecule has 0 amide bonds. The summed E-state index contributed by atoms with van der Waals surface area (Å²) in [5.74, 6) is 0.800. The van der Waals surface area contributed by atoms with Crippen LogP contribution in [0.15, 0.2) is 11.6 Å². The van der Waals surface area contributed by atoms with Gasteiger partial charge in [-0.05, 0) is 58.4 Å². The summed E-state index contributed by atoms with van der Waals surface area (Å²) < 4.78 is 6.04. The van der Waals surface area contributed by atoms with Crippen LogP contribution in [0.25, 0.3) is 0 Å². The second-order valence-electron chi connectivity index (χ2n) is 5.76. The Labute approximate surface area is 112 Å². The molecule has 104 valence electrons. The molecular formula is C16H29NO. The SMILES string of the molecule is CCOC(C1CC1)C(NC)C1=CCCCCCC1. The van der Waals surface area contributed by atoms with Crippen molar-refractivity contribution in [3.05, 3.63) is 11.6 Å². The lowest BCUT2D eigenvalue weighted by Gasteiger charge is -2.30. The number of likely N-dealkylation sites (N-methyl/N-ethyl adjacent to an activating group) is 1. The summed E-state index contributed by atoms with van der Waals surface area (Å²) in [4.78, 5) is 0. The van der Waals surface area contributed by atoms with Crippen molar-refractivity contribution < 1.29 is 4.74 Å². The van der Waals surface area contributed by atoms with Gasteiger partial charge in [0.05, 0.1) is 12.1 Å². The molecular weight excluding hydrogens is 222 g/mol. The van der Waals surface area contributed by atoms with Crippen LogP contribution in [0, 0.1) is 5.92 Å². The third-order valence-electron chi connectivity index (χ3n) is 4.31. The fourth-order valence-corrected chi connectivity index (χ4v) is 3.18. The fourth-order valence-electron chi connectivity index (χ4n) is 3.18. The normalized spacial score (nSPS) is 24.9. The molecule has 0 saturated heterocycles. The summed E-state index contributed by atoms with van der Waals surface area (Å²) in [6.45, 7) is 2.96. The summed E-state index contributed by atoms with van der Waals surface area (Å²) in [5, 5.41) is 3.53. The predicted molar refractivity (Wildman–Crippen MR) is 76.8 cm³/mol. The van der Waals surface area contributed by atoms with E-state index < -0.39 is 0 Å². The van der Waals surface area contributed by atoms with Crippen molar-refractivity contribution in [2.45, 2.75) is 70.4 Å². The van der Waals surface area contributed by atoms with E-state index in [1.165, 1.54) is 51.4 Å². The van der Waals surface area contributed by atoms with Gasteiger partial charge in [0.15, 0.2) is 0 Å². The lowest BCUT2D eigenvalue weighted by atomic mass is 9.90. The van der Waals surface area contributed by atoms with E-state index in [1.807, 2.05) is 0 Å². The second kappa shape index (κ2) is 7.30. The zero-order valence-electron chi connectivity index (χ0n) is 12.1. The first kappa shape index (κ1) is 14.1. The highest BCUT2D eigenvalue weighted by molar-refractivity contribution is 5.16. The molecule has 2 unspecified atom stereocenters. The number of allylic oxidation sites excluding steroid dienone is 1. The van der Waals surface area contributed by atoms with Crippen LogP contribution in [-0.2, 0) is 4.74 Å². The van der Waals surface area contributed by atoms with Gasteiger partial charge in [-0.15, -0.1) is 0 Å². The van der Waals surface area contributed by atoms with Gasteiger partial charge in [-0.3, -0.25) is 0 Å². The standard InChI is InChI=1S/C16H29NO/c1-3-18-16(14-11-12-14)15(17-2)13-9-7-5-4-6-8-10-13/h9,14-17H,3-8,10-12H2,1-2H3. The Morgan fingerprint density at radius 2 is 2.06 bits per heavy atom. The number of rotatable bonds is 6. The fraction of sp³-hybridized carbons (Fsp3) is 0.875. The number of hydrogen-bond donors (Lipinski definition) is 1. The van der Waals surface area contributed by atoms with Crippen LogP contribution in [0.4, 0.5) is 0 Å². The minimum absolute atomic E-state index is 0.408. The maximum Gasteiger partial charge on any atom is 0.0794 e. The molecule has 1 saturated carbocycles. The topological polar surface area (TPSA) is 21.3 Å². The smallest absolute Gasteiger partial charge is 0.0794 e. The maximum absolute atomic E-state index is 6.04. The lowest BCUT2D eigenvalue weighted by molar-refractivity contribution is 0.0287. The van der Waals surface area contributed by atoms with Gasteiger partial charge in [0.1, 0.15) is 0 Å². The largest absolute Gasteiger partial charge is 0.376 e. The second-order valence-corrected chi connectivity index (χ2v) is 5.76. The molecule has 0 heterocycles. The molecule has 2 heteroatoms. The van der Waals surface area contributed by atoms with Crippen molar-refractivity contribution in [2.24, 2.45) is 5.92 Å². The van der Waals surface area contributed by atoms with Gasteiger partial charge >= 0.3 is 0 Å². The minimum Gasteiger partial charge on any atom is -0.376 e. The highest BCUT2D eigenvalue weighted by Gasteiger charge is 2.37. The van der Waals surface area contributed by atoms with E-state index >= 15 is 0 Å². The van der Waals surface area contributed by atoms with Crippen molar-refractivity contribution in [1.82, 2.24) is 5.32 Å². The van der Waals surface area contributed by atoms with Crippen LogP contribution in [0.1, 0.15) is 58.3 Å². The first-order valence-corrected chi connectivity index (χ1v) is 7.84. The molecule has 2 rings (SSSR count). The van der Waals surface area contributed by atoms with Gasteiger partial charge in [0.2, 0.25) is 0 Å². The molecule has 0 bridgehead atoms. The van der Waals surface area contributed by atoms with E-state index in [2.05, 4.69) is 25.4 Å². The Kier molecular flexibility index (Phi) is 5.71. The van der Waals surface area contributed by atoms with E-state index in [1.54, 1.807) is 5.57 Å². The lowest BCUT2D eigenvalue weighted by Crippen LogP contribution is -2.42. The first-order valence-electron chi connectivity index (χ1n) is 7.84. The van der Waals surface area contributed by atoms with Gasteiger partial charge < -0.3 is 10.1 Å². The van der Waals surface area contributed by atoms with Crippen LogP contribution in [-0.4, -0.2) is 25.8 Å². The van der Waals surface area contributed by atoms with Gasteiger partial charge in [0, 0.05) is 6.61 Å². The average Bonchev–Trinajstić information content (AvgIpc) is 3.14. The minimum atomic E-state index is 0.408. The predicted octanol–water partition coefficient (Wildman–Crippen LogP) is 3.67. The van der Waals surface area contributed by atoms with Crippen molar-refractivity contribution in [2.75, 3.05) is 13.7 Å². The van der Waals surface area contributed by atoms with Crippen molar-refractivity contribution in [3.8, 4) is 0 Å². The Hall–Kier alpha value is -0.340. The zero-order chi connectivity index (χ0) is 12.8. The van der Waals surface area contributed by atoms with Gasteiger partial charge in [-0.25, -0.2) is 0 Å². The highest BCUT2D eigenvalue weighted by atomic mass is 16.5. The Balaban J connectivity index is 2.03. The van der Waals surface area contributed by atoms with Crippen LogP contribution in [0.3, 0.4) is 0 Å². The van der Waals surface area contributed by atoms with Crippen LogP contribution >= 0.6 is 0 Å². The van der Waals surface area contributed by atoms with Crippen molar-refractivity contribution in [3.63, 3.8) is 0 Å². The molecule has 1 fully saturated rings. The zero-order valence-corrected chi connectivity index (χ0v) is 12.1. The quantitative estimate of drug-likeness (QED) is 0.727. The van der Waals surface area contributed by atoms with Crippen LogP contribution in [0.2, 0.25) is 0 Å². The molecule has 0 aliphatic heterocycles. The van der Waals surface area contributed by atoms with E-state index in [9.17, 15) is 0 Å². The summed E-state index contributed by atoms with van der Waals surface area (Å²) >= 11 is 0. The third-order valence-corrected chi connectivity index (χ3v) is 4.31. The molecule has 0 radical (unpaired) electrons. The van der Waals surface area contributed by atoms with Gasteiger partial charge in [-0.2, -0.15) is 0 Å². The van der Waals surface area contributed by atoms with Crippen LogP contribution in [0.5, 0.6) is 0 Å². The molecule has 0 aromatic rings. The van der Waals surface area contributed by atoms with E-state index in [-0.39, 0.29) is 0 Å². The molecule has 2 nitrogen and oxygen atoms in total. The number of ether oxygens (including phenoxy) is 1. The Morgan fingerprint density at radius 3 is 2.72 bits per heavy atom. The molecule has 0 spiro atoms. The van der Waals surface area contributed by atoms with E-state index in [4.69, 9.17) is 4.74 Å².